The number of pyridine rings is 1. The predicted molar refractivity (Wildman–Crippen MR) is 70.1 cm³/mol. The first-order chi connectivity index (χ1) is 7.63. The average molecular weight is 232 g/mol. The monoisotopic (exact) mass is 232 g/mol. The molecule has 0 aliphatic heterocycles. The number of nitrogens with zero attached hydrogens (tertiary/aromatic N) is 1. The Balaban J connectivity index is 2.04. The molecule has 2 aromatic heterocycles. The molecule has 0 aliphatic rings. The normalized spacial score (nSPS) is 10.4. The van der Waals surface area contributed by atoms with E-state index in [-0.39, 0.29) is 0 Å². The fourth-order valence-electron chi connectivity index (χ4n) is 1.69. The quantitative estimate of drug-likeness (QED) is 0.873. The highest BCUT2D eigenvalue weighted by atomic mass is 32.1. The van der Waals surface area contributed by atoms with Gasteiger partial charge in [-0.2, -0.15) is 0 Å². The minimum absolute atomic E-state index is 0.856. The molecule has 3 heteroatoms. The summed E-state index contributed by atoms with van der Waals surface area (Å²) in [6.45, 7) is 7.10. The Morgan fingerprint density at radius 2 is 2.00 bits per heavy atom. The van der Waals surface area contributed by atoms with Crippen LogP contribution in [0.15, 0.2) is 24.3 Å². The van der Waals surface area contributed by atoms with Gasteiger partial charge in [-0.05, 0) is 50.6 Å². The van der Waals surface area contributed by atoms with Crippen LogP contribution < -0.4 is 5.32 Å². The summed E-state index contributed by atoms with van der Waals surface area (Å²) in [5.74, 6) is 0.962. The van der Waals surface area contributed by atoms with Gasteiger partial charge in [0, 0.05) is 15.4 Å². The van der Waals surface area contributed by atoms with E-state index in [0.29, 0.717) is 0 Å². The maximum atomic E-state index is 4.45. The molecule has 2 nitrogen and oxygen atoms in total. The van der Waals surface area contributed by atoms with E-state index in [0.717, 1.165) is 18.1 Å². The molecule has 2 aromatic rings. The van der Waals surface area contributed by atoms with Crippen LogP contribution in [0.4, 0.5) is 5.82 Å². The lowest BCUT2D eigenvalue weighted by atomic mass is 10.2. The average Bonchev–Trinajstić information content (AvgIpc) is 2.60. The van der Waals surface area contributed by atoms with Crippen LogP contribution in [0.25, 0.3) is 0 Å². The zero-order valence-corrected chi connectivity index (χ0v) is 10.7. The standard InChI is InChI=1S/C13H16N2S/c1-9-6-10(2)15-13(7-9)14-8-12-5-4-11(3)16-12/h4-7H,8H2,1-3H3,(H,14,15). The van der Waals surface area contributed by atoms with E-state index in [1.807, 2.05) is 18.3 Å². The first-order valence-electron chi connectivity index (χ1n) is 5.38. The van der Waals surface area contributed by atoms with Gasteiger partial charge in [0.1, 0.15) is 5.82 Å². The van der Waals surface area contributed by atoms with Crippen molar-refractivity contribution in [1.29, 1.82) is 0 Å². The second-order valence-electron chi connectivity index (χ2n) is 4.04. The molecule has 0 saturated heterocycles. The summed E-state index contributed by atoms with van der Waals surface area (Å²) in [4.78, 5) is 7.15. The third-order valence-corrected chi connectivity index (χ3v) is 3.34. The summed E-state index contributed by atoms with van der Waals surface area (Å²) < 4.78 is 0. The maximum Gasteiger partial charge on any atom is 0.126 e. The van der Waals surface area contributed by atoms with Gasteiger partial charge >= 0.3 is 0 Å². The van der Waals surface area contributed by atoms with E-state index in [2.05, 4.69) is 48.4 Å². The Morgan fingerprint density at radius 3 is 2.62 bits per heavy atom. The number of hydrogen-bond acceptors (Lipinski definition) is 3. The second-order valence-corrected chi connectivity index (χ2v) is 5.41. The van der Waals surface area contributed by atoms with Crippen molar-refractivity contribution in [2.24, 2.45) is 0 Å². The highest BCUT2D eigenvalue weighted by Gasteiger charge is 1.99. The van der Waals surface area contributed by atoms with Crippen molar-refractivity contribution in [2.45, 2.75) is 27.3 Å². The molecule has 2 rings (SSSR count). The summed E-state index contributed by atoms with van der Waals surface area (Å²) in [5, 5.41) is 3.36. The highest BCUT2D eigenvalue weighted by Crippen LogP contribution is 2.17. The largest absolute Gasteiger partial charge is 0.365 e. The molecule has 84 valence electrons. The molecule has 2 heterocycles. The molecule has 0 spiro atoms. The number of thiophene rings is 1. The van der Waals surface area contributed by atoms with Crippen molar-refractivity contribution < 1.29 is 0 Å². The van der Waals surface area contributed by atoms with Crippen molar-refractivity contribution >= 4 is 17.2 Å². The molecule has 1 N–H and O–H groups in total. The van der Waals surface area contributed by atoms with Gasteiger partial charge in [0.2, 0.25) is 0 Å². The lowest BCUT2D eigenvalue weighted by Gasteiger charge is -2.06. The summed E-state index contributed by atoms with van der Waals surface area (Å²) in [5.41, 5.74) is 2.31. The van der Waals surface area contributed by atoms with E-state index in [9.17, 15) is 0 Å². The molecular weight excluding hydrogens is 216 g/mol. The van der Waals surface area contributed by atoms with Crippen LogP contribution in [-0.2, 0) is 6.54 Å². The highest BCUT2D eigenvalue weighted by molar-refractivity contribution is 7.11. The fraction of sp³-hybridized carbons (Fsp3) is 0.308. The van der Waals surface area contributed by atoms with Gasteiger partial charge in [0.15, 0.2) is 0 Å². The van der Waals surface area contributed by atoms with E-state index >= 15 is 0 Å². The van der Waals surface area contributed by atoms with Gasteiger partial charge in [-0.25, -0.2) is 4.98 Å². The summed E-state index contributed by atoms with van der Waals surface area (Å²) >= 11 is 1.83. The first-order valence-corrected chi connectivity index (χ1v) is 6.19. The van der Waals surface area contributed by atoms with Crippen LogP contribution in [0.5, 0.6) is 0 Å². The number of aryl methyl sites for hydroxylation is 3. The van der Waals surface area contributed by atoms with Crippen LogP contribution in [0.1, 0.15) is 21.0 Å². The Hall–Kier alpha value is -1.35. The molecule has 0 unspecified atom stereocenters. The van der Waals surface area contributed by atoms with Crippen molar-refractivity contribution in [3.05, 3.63) is 45.3 Å². The predicted octanol–water partition coefficient (Wildman–Crippen LogP) is 3.68. The Bertz CT molecular complexity index is 468. The summed E-state index contributed by atoms with van der Waals surface area (Å²) in [6, 6.07) is 8.47. The third kappa shape index (κ3) is 2.83. The van der Waals surface area contributed by atoms with Crippen LogP contribution in [0.2, 0.25) is 0 Å². The van der Waals surface area contributed by atoms with Crippen molar-refractivity contribution in [3.63, 3.8) is 0 Å². The van der Waals surface area contributed by atoms with E-state index in [4.69, 9.17) is 0 Å². The van der Waals surface area contributed by atoms with E-state index in [1.165, 1.54) is 15.3 Å². The first kappa shape index (κ1) is 11.1. The molecule has 0 saturated carbocycles. The van der Waals surface area contributed by atoms with Crippen LogP contribution in [0, 0.1) is 20.8 Å². The molecule has 0 atom stereocenters. The van der Waals surface area contributed by atoms with Crippen LogP contribution in [0.3, 0.4) is 0 Å². The fourth-order valence-corrected chi connectivity index (χ4v) is 2.52. The number of rotatable bonds is 3. The minimum Gasteiger partial charge on any atom is -0.365 e. The van der Waals surface area contributed by atoms with Gasteiger partial charge < -0.3 is 5.32 Å². The summed E-state index contributed by atoms with van der Waals surface area (Å²) in [6.07, 6.45) is 0. The zero-order valence-electron chi connectivity index (χ0n) is 9.87. The topological polar surface area (TPSA) is 24.9 Å². The molecule has 0 radical (unpaired) electrons. The number of hydrogen-bond donors (Lipinski definition) is 1. The van der Waals surface area contributed by atoms with Crippen molar-refractivity contribution in [1.82, 2.24) is 4.98 Å². The van der Waals surface area contributed by atoms with E-state index < -0.39 is 0 Å². The minimum atomic E-state index is 0.856. The lowest BCUT2D eigenvalue weighted by Crippen LogP contribution is -2.00. The molecule has 0 aliphatic carbocycles. The molecule has 0 fully saturated rings. The Labute approximate surface area is 100 Å². The van der Waals surface area contributed by atoms with Crippen LogP contribution >= 0.6 is 11.3 Å². The number of aromatic nitrogens is 1. The second kappa shape index (κ2) is 4.66. The lowest BCUT2D eigenvalue weighted by molar-refractivity contribution is 1.10. The zero-order chi connectivity index (χ0) is 11.5. The molecule has 0 aromatic carbocycles. The molecular formula is C13H16N2S. The Morgan fingerprint density at radius 1 is 1.19 bits per heavy atom. The van der Waals surface area contributed by atoms with Gasteiger partial charge in [-0.3, -0.25) is 0 Å². The smallest absolute Gasteiger partial charge is 0.126 e. The van der Waals surface area contributed by atoms with E-state index in [1.54, 1.807) is 0 Å². The van der Waals surface area contributed by atoms with Crippen LogP contribution in [-0.4, -0.2) is 4.98 Å². The molecule has 0 amide bonds. The van der Waals surface area contributed by atoms with Gasteiger partial charge in [0.25, 0.3) is 0 Å². The summed E-state index contributed by atoms with van der Waals surface area (Å²) in [7, 11) is 0. The molecule has 16 heavy (non-hydrogen) atoms. The maximum absolute atomic E-state index is 4.45. The molecule has 0 bridgehead atoms. The van der Waals surface area contributed by atoms with Crippen molar-refractivity contribution in [2.75, 3.05) is 5.32 Å². The Kier molecular flexibility index (Phi) is 3.25. The van der Waals surface area contributed by atoms with Gasteiger partial charge in [-0.1, -0.05) is 0 Å². The third-order valence-electron chi connectivity index (χ3n) is 2.34. The number of anilines is 1. The van der Waals surface area contributed by atoms with Gasteiger partial charge in [-0.15, -0.1) is 11.3 Å². The van der Waals surface area contributed by atoms with Gasteiger partial charge in [0.05, 0.1) is 6.54 Å². The van der Waals surface area contributed by atoms with Crippen molar-refractivity contribution in [3.8, 4) is 0 Å². The SMILES string of the molecule is Cc1cc(C)nc(NCc2ccc(C)s2)c1. The number of nitrogens with one attached hydrogen (secondary N) is 1.